The van der Waals surface area contributed by atoms with E-state index in [0.29, 0.717) is 6.54 Å². The van der Waals surface area contributed by atoms with E-state index in [9.17, 15) is 19.2 Å². The zero-order chi connectivity index (χ0) is 15.5. The Morgan fingerprint density at radius 3 is 2.40 bits per heavy atom. The maximum atomic E-state index is 11.7. The van der Waals surface area contributed by atoms with Crippen molar-refractivity contribution in [2.75, 3.05) is 19.4 Å². The van der Waals surface area contributed by atoms with Crippen LogP contribution in [0.4, 0.5) is 0 Å². The standard InChI is InChI=1S/C12H18N2O5S/c1-4-13-12(18)9(7-20-8(2)15)14-10(16)5-6-11(17)19-3/h5-6,9H,4,7H2,1-3H3,(H,13,18)(H,14,16)/b6-5+/t9-/m0/s1. The number of carbonyl (C=O) groups excluding carboxylic acids is 4. The van der Waals surface area contributed by atoms with Crippen LogP contribution in [0.1, 0.15) is 13.8 Å². The van der Waals surface area contributed by atoms with Gasteiger partial charge in [0.2, 0.25) is 11.8 Å². The highest BCUT2D eigenvalue weighted by molar-refractivity contribution is 8.13. The first-order chi connectivity index (χ1) is 9.40. The van der Waals surface area contributed by atoms with E-state index >= 15 is 0 Å². The number of hydrogen-bond donors (Lipinski definition) is 2. The number of nitrogens with one attached hydrogen (secondary N) is 2. The molecule has 0 radical (unpaired) electrons. The molecule has 7 nitrogen and oxygen atoms in total. The highest BCUT2D eigenvalue weighted by Crippen LogP contribution is 2.04. The maximum Gasteiger partial charge on any atom is 0.330 e. The van der Waals surface area contributed by atoms with Gasteiger partial charge in [0.1, 0.15) is 6.04 Å². The summed E-state index contributed by atoms with van der Waals surface area (Å²) < 4.78 is 4.34. The lowest BCUT2D eigenvalue weighted by Gasteiger charge is -2.16. The normalized spacial score (nSPS) is 11.8. The van der Waals surface area contributed by atoms with Crippen LogP contribution in [-0.4, -0.2) is 48.3 Å². The zero-order valence-corrected chi connectivity index (χ0v) is 12.4. The van der Waals surface area contributed by atoms with E-state index < -0.39 is 17.9 Å². The van der Waals surface area contributed by atoms with Gasteiger partial charge in [-0.3, -0.25) is 14.4 Å². The van der Waals surface area contributed by atoms with E-state index in [1.807, 2.05) is 0 Å². The van der Waals surface area contributed by atoms with Gasteiger partial charge in [-0.15, -0.1) is 0 Å². The van der Waals surface area contributed by atoms with Crippen molar-refractivity contribution in [2.45, 2.75) is 19.9 Å². The van der Waals surface area contributed by atoms with E-state index in [0.717, 1.165) is 23.9 Å². The van der Waals surface area contributed by atoms with Gasteiger partial charge in [-0.25, -0.2) is 4.79 Å². The summed E-state index contributed by atoms with van der Waals surface area (Å²) in [6, 6.07) is -0.848. The molecule has 0 aliphatic rings. The summed E-state index contributed by atoms with van der Waals surface area (Å²) in [6.07, 6.45) is 1.92. The van der Waals surface area contributed by atoms with Gasteiger partial charge in [0, 0.05) is 31.4 Å². The number of carbonyl (C=O) groups is 4. The van der Waals surface area contributed by atoms with Gasteiger partial charge >= 0.3 is 5.97 Å². The Bertz CT molecular complexity index is 409. The van der Waals surface area contributed by atoms with Gasteiger partial charge in [-0.05, 0) is 6.92 Å². The molecule has 0 unspecified atom stereocenters. The number of methoxy groups -OCH3 is 1. The minimum atomic E-state index is -0.848. The Kier molecular flexibility index (Phi) is 9.10. The van der Waals surface area contributed by atoms with Crippen LogP contribution in [0, 0.1) is 0 Å². The summed E-state index contributed by atoms with van der Waals surface area (Å²) in [7, 11) is 1.19. The Hall–Kier alpha value is -1.83. The van der Waals surface area contributed by atoms with E-state index in [1.54, 1.807) is 6.92 Å². The van der Waals surface area contributed by atoms with Crippen molar-refractivity contribution < 1.29 is 23.9 Å². The summed E-state index contributed by atoms with van der Waals surface area (Å²) in [5.41, 5.74) is 0. The average molecular weight is 302 g/mol. The van der Waals surface area contributed by atoms with Crippen molar-refractivity contribution in [1.82, 2.24) is 10.6 Å². The lowest BCUT2D eigenvalue weighted by atomic mass is 10.3. The molecule has 0 spiro atoms. The molecule has 0 saturated heterocycles. The number of rotatable bonds is 7. The van der Waals surface area contributed by atoms with Crippen LogP contribution in [0.15, 0.2) is 12.2 Å². The first-order valence-corrected chi connectivity index (χ1v) is 6.86. The average Bonchev–Trinajstić information content (AvgIpc) is 2.40. The fourth-order valence-corrected chi connectivity index (χ4v) is 1.75. The fraction of sp³-hybridized carbons (Fsp3) is 0.500. The second kappa shape index (κ2) is 10.0. The topological polar surface area (TPSA) is 102 Å². The molecular weight excluding hydrogens is 284 g/mol. The largest absolute Gasteiger partial charge is 0.466 e. The lowest BCUT2D eigenvalue weighted by molar-refractivity contribution is -0.135. The predicted molar refractivity (Wildman–Crippen MR) is 74.9 cm³/mol. The number of ether oxygens (including phenoxy) is 1. The van der Waals surface area contributed by atoms with Crippen molar-refractivity contribution >= 4 is 34.7 Å². The Morgan fingerprint density at radius 1 is 1.25 bits per heavy atom. The van der Waals surface area contributed by atoms with Gasteiger partial charge in [0.05, 0.1) is 7.11 Å². The van der Waals surface area contributed by atoms with Crippen molar-refractivity contribution in [3.8, 4) is 0 Å². The van der Waals surface area contributed by atoms with Crippen molar-refractivity contribution in [3.63, 3.8) is 0 Å². The molecule has 1 atom stereocenters. The number of esters is 1. The third-order valence-corrected chi connectivity index (χ3v) is 2.92. The Labute approximate surface area is 121 Å². The third kappa shape index (κ3) is 8.30. The van der Waals surface area contributed by atoms with Crippen LogP contribution in [0.2, 0.25) is 0 Å². The van der Waals surface area contributed by atoms with Gasteiger partial charge in [0.15, 0.2) is 5.12 Å². The molecule has 0 saturated carbocycles. The van der Waals surface area contributed by atoms with Crippen molar-refractivity contribution in [3.05, 3.63) is 12.2 Å². The lowest BCUT2D eigenvalue weighted by Crippen LogP contribution is -2.48. The molecular formula is C12H18N2O5S. The van der Waals surface area contributed by atoms with Crippen LogP contribution in [0.3, 0.4) is 0 Å². The van der Waals surface area contributed by atoms with Crippen LogP contribution in [-0.2, 0) is 23.9 Å². The molecule has 2 N–H and O–H groups in total. The van der Waals surface area contributed by atoms with E-state index in [2.05, 4.69) is 15.4 Å². The molecule has 0 fully saturated rings. The van der Waals surface area contributed by atoms with Gasteiger partial charge in [-0.1, -0.05) is 11.8 Å². The predicted octanol–water partition coefficient (Wildman–Crippen LogP) is -0.384. The van der Waals surface area contributed by atoms with Crippen molar-refractivity contribution in [2.24, 2.45) is 0 Å². The van der Waals surface area contributed by atoms with Crippen molar-refractivity contribution in [1.29, 1.82) is 0 Å². The molecule has 0 aromatic heterocycles. The quantitative estimate of drug-likeness (QED) is 0.491. The highest BCUT2D eigenvalue weighted by Gasteiger charge is 2.20. The molecule has 8 heteroatoms. The number of likely N-dealkylation sites (N-methyl/N-ethyl adjacent to an activating group) is 1. The summed E-state index contributed by atoms with van der Waals surface area (Å²) in [4.78, 5) is 45.0. The second-order valence-corrected chi connectivity index (χ2v) is 4.81. The number of thioether (sulfide) groups is 1. The highest BCUT2D eigenvalue weighted by atomic mass is 32.2. The molecule has 0 rings (SSSR count). The van der Waals surface area contributed by atoms with E-state index in [4.69, 9.17) is 0 Å². The maximum absolute atomic E-state index is 11.7. The van der Waals surface area contributed by atoms with Crippen LogP contribution in [0.25, 0.3) is 0 Å². The molecule has 0 aromatic rings. The molecule has 0 heterocycles. The molecule has 0 bridgehead atoms. The fourth-order valence-electron chi connectivity index (χ4n) is 1.11. The minimum Gasteiger partial charge on any atom is -0.466 e. The molecule has 20 heavy (non-hydrogen) atoms. The van der Waals surface area contributed by atoms with E-state index in [-0.39, 0.29) is 16.8 Å². The Morgan fingerprint density at radius 2 is 1.90 bits per heavy atom. The van der Waals surface area contributed by atoms with Crippen LogP contribution >= 0.6 is 11.8 Å². The van der Waals surface area contributed by atoms with Gasteiger partial charge in [0.25, 0.3) is 0 Å². The van der Waals surface area contributed by atoms with Crippen LogP contribution < -0.4 is 10.6 Å². The summed E-state index contributed by atoms with van der Waals surface area (Å²) in [6.45, 7) is 3.53. The monoisotopic (exact) mass is 302 g/mol. The van der Waals surface area contributed by atoms with Crippen LogP contribution in [0.5, 0.6) is 0 Å². The first kappa shape index (κ1) is 18.2. The molecule has 2 amide bonds. The van der Waals surface area contributed by atoms with Gasteiger partial charge < -0.3 is 15.4 Å². The minimum absolute atomic E-state index is 0.124. The SMILES string of the molecule is CCNC(=O)[C@H](CSC(C)=O)NC(=O)/C=C/C(=O)OC. The summed E-state index contributed by atoms with van der Waals surface area (Å²) >= 11 is 0.934. The second-order valence-electron chi connectivity index (χ2n) is 3.61. The summed E-state index contributed by atoms with van der Waals surface area (Å²) in [5, 5.41) is 4.82. The third-order valence-electron chi connectivity index (χ3n) is 2.01. The number of hydrogen-bond acceptors (Lipinski definition) is 6. The first-order valence-electron chi connectivity index (χ1n) is 5.88. The summed E-state index contributed by atoms with van der Waals surface area (Å²) in [5.74, 6) is -1.55. The Balaban J connectivity index is 4.58. The van der Waals surface area contributed by atoms with E-state index in [1.165, 1.54) is 14.0 Å². The molecule has 0 aliphatic heterocycles. The molecule has 0 aromatic carbocycles. The van der Waals surface area contributed by atoms with Gasteiger partial charge in [-0.2, -0.15) is 0 Å². The molecule has 112 valence electrons. The molecule has 0 aliphatic carbocycles. The smallest absolute Gasteiger partial charge is 0.330 e. The number of amides is 2. The zero-order valence-electron chi connectivity index (χ0n) is 11.6.